The van der Waals surface area contributed by atoms with E-state index < -0.39 is 0 Å². The molecular formula is C15H18Cl2N2S. The molecule has 0 aliphatic carbocycles. The Morgan fingerprint density at radius 3 is 2.65 bits per heavy atom. The molecule has 1 aromatic carbocycles. The first-order valence-corrected chi connectivity index (χ1v) is 8.37. The molecule has 0 aliphatic heterocycles. The summed E-state index contributed by atoms with van der Waals surface area (Å²) in [6.07, 6.45) is 2.08. The lowest BCUT2D eigenvalue weighted by Gasteiger charge is -2.01. The lowest BCUT2D eigenvalue weighted by molar-refractivity contribution is 0.677. The van der Waals surface area contributed by atoms with Crippen LogP contribution in [0.5, 0.6) is 0 Å². The van der Waals surface area contributed by atoms with E-state index in [0.29, 0.717) is 10.0 Å². The van der Waals surface area contributed by atoms with Gasteiger partial charge in [0.25, 0.3) is 0 Å². The Morgan fingerprint density at radius 1 is 1.20 bits per heavy atom. The maximum absolute atomic E-state index is 6.08. The Labute approximate surface area is 134 Å². The molecule has 2 nitrogen and oxygen atoms in total. The van der Waals surface area contributed by atoms with Gasteiger partial charge >= 0.3 is 0 Å². The van der Waals surface area contributed by atoms with Gasteiger partial charge in [-0.3, -0.25) is 0 Å². The van der Waals surface area contributed by atoms with E-state index >= 15 is 0 Å². The highest BCUT2D eigenvalue weighted by atomic mass is 35.5. The minimum absolute atomic E-state index is 0.572. The Hall–Kier alpha value is -0.610. The highest BCUT2D eigenvalue weighted by Gasteiger charge is 2.12. The number of hydrogen-bond donors (Lipinski definition) is 1. The largest absolute Gasteiger partial charge is 0.312 e. The minimum Gasteiger partial charge on any atom is -0.312 e. The van der Waals surface area contributed by atoms with Crippen LogP contribution in [0, 0.1) is 0 Å². The van der Waals surface area contributed by atoms with Crippen molar-refractivity contribution in [3.05, 3.63) is 38.8 Å². The highest BCUT2D eigenvalue weighted by Crippen LogP contribution is 2.32. The van der Waals surface area contributed by atoms with Crippen LogP contribution >= 0.6 is 34.5 Å². The SMILES string of the molecule is CCCNCc1sc(-c2ccc(Cl)c(Cl)c2)nc1CC. The average Bonchev–Trinajstić information content (AvgIpc) is 2.85. The fraction of sp³-hybridized carbons (Fsp3) is 0.400. The molecule has 0 fully saturated rings. The van der Waals surface area contributed by atoms with Gasteiger partial charge in [0.1, 0.15) is 5.01 Å². The molecule has 0 saturated heterocycles. The molecule has 5 heteroatoms. The van der Waals surface area contributed by atoms with Gasteiger partial charge in [0, 0.05) is 17.0 Å². The van der Waals surface area contributed by atoms with E-state index in [1.165, 1.54) is 10.6 Å². The van der Waals surface area contributed by atoms with Crippen LogP contribution in [-0.2, 0) is 13.0 Å². The Balaban J connectivity index is 2.25. The summed E-state index contributed by atoms with van der Waals surface area (Å²) >= 11 is 13.8. The van der Waals surface area contributed by atoms with Crippen LogP contribution in [0.4, 0.5) is 0 Å². The molecule has 1 aromatic heterocycles. The van der Waals surface area contributed by atoms with Crippen molar-refractivity contribution in [3.63, 3.8) is 0 Å². The Morgan fingerprint density at radius 2 is 2.00 bits per heavy atom. The second-order valence-corrected chi connectivity index (χ2v) is 6.45. The number of rotatable bonds is 6. The molecule has 0 spiro atoms. The molecule has 1 N–H and O–H groups in total. The van der Waals surface area contributed by atoms with E-state index in [4.69, 9.17) is 28.2 Å². The summed E-state index contributed by atoms with van der Waals surface area (Å²) in [5.74, 6) is 0. The summed E-state index contributed by atoms with van der Waals surface area (Å²) in [4.78, 5) is 6.03. The topological polar surface area (TPSA) is 24.9 Å². The molecule has 0 saturated carbocycles. The number of benzene rings is 1. The maximum Gasteiger partial charge on any atom is 0.123 e. The van der Waals surface area contributed by atoms with E-state index in [1.807, 2.05) is 18.2 Å². The quantitative estimate of drug-likeness (QED) is 0.739. The Kier molecular flexibility index (Phi) is 5.85. The first kappa shape index (κ1) is 15.8. The van der Waals surface area contributed by atoms with Gasteiger partial charge in [-0.15, -0.1) is 11.3 Å². The van der Waals surface area contributed by atoms with Gasteiger partial charge in [-0.05, 0) is 31.5 Å². The van der Waals surface area contributed by atoms with Gasteiger partial charge in [0.05, 0.1) is 15.7 Å². The van der Waals surface area contributed by atoms with Crippen LogP contribution in [0.1, 0.15) is 30.8 Å². The van der Waals surface area contributed by atoms with Gasteiger partial charge in [-0.25, -0.2) is 4.98 Å². The summed E-state index contributed by atoms with van der Waals surface area (Å²) in [5, 5.41) is 5.59. The standard InChI is InChI=1S/C15H18Cl2N2S/c1-3-7-18-9-14-13(4-2)19-15(20-14)10-5-6-11(16)12(17)8-10/h5-6,8,18H,3-4,7,9H2,1-2H3. The second kappa shape index (κ2) is 7.41. The summed E-state index contributed by atoms with van der Waals surface area (Å²) in [6.45, 7) is 6.22. The molecule has 0 bridgehead atoms. The normalized spacial score (nSPS) is 11.0. The lowest BCUT2D eigenvalue weighted by atomic mass is 10.2. The number of halogens is 2. The lowest BCUT2D eigenvalue weighted by Crippen LogP contribution is -2.13. The fourth-order valence-electron chi connectivity index (χ4n) is 1.93. The highest BCUT2D eigenvalue weighted by molar-refractivity contribution is 7.15. The summed E-state index contributed by atoms with van der Waals surface area (Å²) in [7, 11) is 0. The van der Waals surface area contributed by atoms with Crippen molar-refractivity contribution in [2.24, 2.45) is 0 Å². The van der Waals surface area contributed by atoms with E-state index in [2.05, 4.69) is 19.2 Å². The van der Waals surface area contributed by atoms with E-state index in [9.17, 15) is 0 Å². The maximum atomic E-state index is 6.08. The molecule has 108 valence electrons. The van der Waals surface area contributed by atoms with Crippen molar-refractivity contribution in [1.29, 1.82) is 0 Å². The number of nitrogens with one attached hydrogen (secondary N) is 1. The van der Waals surface area contributed by atoms with Gasteiger partial charge < -0.3 is 5.32 Å². The molecular weight excluding hydrogens is 311 g/mol. The van der Waals surface area contributed by atoms with E-state index in [0.717, 1.165) is 36.5 Å². The van der Waals surface area contributed by atoms with Crippen LogP contribution < -0.4 is 5.32 Å². The summed E-state index contributed by atoms with van der Waals surface area (Å²) in [6, 6.07) is 5.67. The number of thiazole rings is 1. The van der Waals surface area contributed by atoms with Crippen molar-refractivity contribution in [2.75, 3.05) is 6.54 Å². The number of nitrogens with zero attached hydrogens (tertiary/aromatic N) is 1. The molecule has 0 unspecified atom stereocenters. The van der Waals surface area contributed by atoms with Crippen molar-refractivity contribution in [3.8, 4) is 10.6 Å². The van der Waals surface area contributed by atoms with Gasteiger partial charge in [0.2, 0.25) is 0 Å². The van der Waals surface area contributed by atoms with E-state index in [-0.39, 0.29) is 0 Å². The van der Waals surface area contributed by atoms with Crippen LogP contribution in [0.3, 0.4) is 0 Å². The second-order valence-electron chi connectivity index (χ2n) is 4.55. The number of aryl methyl sites for hydroxylation is 1. The number of hydrogen-bond acceptors (Lipinski definition) is 3. The van der Waals surface area contributed by atoms with Crippen molar-refractivity contribution >= 4 is 34.5 Å². The summed E-state index contributed by atoms with van der Waals surface area (Å²) < 4.78 is 0. The van der Waals surface area contributed by atoms with Crippen molar-refractivity contribution < 1.29 is 0 Å². The average molecular weight is 329 g/mol. The molecule has 0 atom stereocenters. The molecule has 0 radical (unpaired) electrons. The van der Waals surface area contributed by atoms with E-state index in [1.54, 1.807) is 11.3 Å². The molecule has 2 rings (SSSR count). The fourth-order valence-corrected chi connectivity index (χ4v) is 3.34. The molecule has 20 heavy (non-hydrogen) atoms. The van der Waals surface area contributed by atoms with Crippen molar-refractivity contribution in [1.82, 2.24) is 10.3 Å². The first-order valence-electron chi connectivity index (χ1n) is 6.80. The first-order chi connectivity index (χ1) is 9.65. The Bertz CT molecular complexity index is 581. The van der Waals surface area contributed by atoms with Gasteiger partial charge in [-0.1, -0.05) is 43.1 Å². The van der Waals surface area contributed by atoms with Crippen molar-refractivity contribution in [2.45, 2.75) is 33.2 Å². The van der Waals surface area contributed by atoms with Crippen LogP contribution in [0.2, 0.25) is 10.0 Å². The van der Waals surface area contributed by atoms with Gasteiger partial charge in [-0.2, -0.15) is 0 Å². The zero-order valence-corrected chi connectivity index (χ0v) is 14.0. The molecule has 1 heterocycles. The predicted molar refractivity (Wildman–Crippen MR) is 88.9 cm³/mol. The predicted octanol–water partition coefficient (Wildman–Crippen LogP) is 5.18. The van der Waals surface area contributed by atoms with Crippen LogP contribution in [-0.4, -0.2) is 11.5 Å². The summed E-state index contributed by atoms with van der Waals surface area (Å²) in [5.41, 5.74) is 2.19. The minimum atomic E-state index is 0.572. The molecule has 2 aromatic rings. The smallest absolute Gasteiger partial charge is 0.123 e. The number of aromatic nitrogens is 1. The zero-order valence-electron chi connectivity index (χ0n) is 11.7. The molecule has 0 amide bonds. The monoisotopic (exact) mass is 328 g/mol. The van der Waals surface area contributed by atoms with Crippen LogP contribution in [0.15, 0.2) is 18.2 Å². The third kappa shape index (κ3) is 3.73. The third-order valence-corrected chi connectivity index (χ3v) is 4.88. The third-order valence-electron chi connectivity index (χ3n) is 2.99. The molecule has 0 aliphatic rings. The van der Waals surface area contributed by atoms with Crippen LogP contribution in [0.25, 0.3) is 10.6 Å². The van der Waals surface area contributed by atoms with Gasteiger partial charge in [0.15, 0.2) is 0 Å². The zero-order chi connectivity index (χ0) is 14.5.